The average molecular weight is 284 g/mol. The summed E-state index contributed by atoms with van der Waals surface area (Å²) in [6.45, 7) is 1.89. The van der Waals surface area contributed by atoms with Crippen molar-refractivity contribution in [3.63, 3.8) is 0 Å². The smallest absolute Gasteiger partial charge is 0.416 e. The van der Waals surface area contributed by atoms with Crippen molar-refractivity contribution in [2.24, 2.45) is 5.73 Å². The molecule has 0 aliphatic carbocycles. The van der Waals surface area contributed by atoms with E-state index in [0.29, 0.717) is 6.42 Å². The van der Waals surface area contributed by atoms with Crippen molar-refractivity contribution in [1.82, 2.24) is 0 Å². The van der Waals surface area contributed by atoms with Crippen LogP contribution in [0.2, 0.25) is 0 Å². The Morgan fingerprint density at radius 3 is 2.39 bits per heavy atom. The first-order valence-corrected chi connectivity index (χ1v) is 5.40. The quantitative estimate of drug-likeness (QED) is 0.908. The summed E-state index contributed by atoms with van der Waals surface area (Å²) >= 11 is 0. The SMILES string of the molecule is CCC[C@@H](N)c1ccc(OC)cc1C(F)(F)F.Cl. The number of ether oxygens (including phenoxy) is 1. The van der Waals surface area contributed by atoms with Crippen LogP contribution in [0.5, 0.6) is 5.75 Å². The Labute approximate surface area is 111 Å². The number of hydrogen-bond donors (Lipinski definition) is 1. The predicted molar refractivity (Wildman–Crippen MR) is 67.1 cm³/mol. The van der Waals surface area contributed by atoms with E-state index < -0.39 is 17.8 Å². The Kier molecular flexibility index (Phi) is 6.49. The van der Waals surface area contributed by atoms with Gasteiger partial charge >= 0.3 is 6.18 Å². The fourth-order valence-corrected chi connectivity index (χ4v) is 1.70. The Morgan fingerprint density at radius 1 is 1.33 bits per heavy atom. The summed E-state index contributed by atoms with van der Waals surface area (Å²) in [4.78, 5) is 0. The minimum Gasteiger partial charge on any atom is -0.497 e. The molecule has 0 radical (unpaired) electrons. The van der Waals surface area contributed by atoms with Gasteiger partial charge in [0.15, 0.2) is 0 Å². The maximum atomic E-state index is 12.9. The average Bonchev–Trinajstić information content (AvgIpc) is 2.27. The zero-order valence-electron chi connectivity index (χ0n) is 10.3. The van der Waals surface area contributed by atoms with Gasteiger partial charge in [0.25, 0.3) is 0 Å². The molecule has 0 aliphatic rings. The second-order valence-electron chi connectivity index (χ2n) is 3.85. The number of benzene rings is 1. The van der Waals surface area contributed by atoms with Gasteiger partial charge in [0.05, 0.1) is 12.7 Å². The van der Waals surface area contributed by atoms with Crippen molar-refractivity contribution in [2.45, 2.75) is 32.0 Å². The summed E-state index contributed by atoms with van der Waals surface area (Å²) < 4.78 is 43.4. The third-order valence-corrected chi connectivity index (χ3v) is 2.57. The van der Waals surface area contributed by atoms with Crippen molar-refractivity contribution in [1.29, 1.82) is 0 Å². The van der Waals surface area contributed by atoms with E-state index in [1.165, 1.54) is 19.2 Å². The van der Waals surface area contributed by atoms with Gasteiger partial charge in [-0.25, -0.2) is 0 Å². The highest BCUT2D eigenvalue weighted by atomic mass is 35.5. The Balaban J connectivity index is 0.00000289. The van der Waals surface area contributed by atoms with Crippen molar-refractivity contribution >= 4 is 12.4 Å². The van der Waals surface area contributed by atoms with Crippen molar-refractivity contribution < 1.29 is 17.9 Å². The topological polar surface area (TPSA) is 35.2 Å². The van der Waals surface area contributed by atoms with Gasteiger partial charge in [0.1, 0.15) is 5.75 Å². The summed E-state index contributed by atoms with van der Waals surface area (Å²) in [6.07, 6.45) is -3.14. The zero-order valence-corrected chi connectivity index (χ0v) is 11.1. The molecule has 0 saturated heterocycles. The van der Waals surface area contributed by atoms with Crippen LogP contribution in [-0.4, -0.2) is 7.11 Å². The fraction of sp³-hybridized carbons (Fsp3) is 0.500. The molecule has 1 rings (SSSR count). The normalized spacial score (nSPS) is 12.8. The summed E-state index contributed by atoms with van der Waals surface area (Å²) in [7, 11) is 1.33. The minimum atomic E-state index is -4.41. The molecule has 0 fully saturated rings. The van der Waals surface area contributed by atoms with E-state index in [4.69, 9.17) is 10.5 Å². The maximum absolute atomic E-state index is 12.9. The van der Waals surface area contributed by atoms with Crippen molar-refractivity contribution in [2.75, 3.05) is 7.11 Å². The van der Waals surface area contributed by atoms with Crippen LogP contribution in [-0.2, 0) is 6.18 Å². The lowest BCUT2D eigenvalue weighted by Crippen LogP contribution is -2.17. The molecule has 0 heterocycles. The molecular formula is C12H17ClF3NO. The molecule has 104 valence electrons. The van der Waals surface area contributed by atoms with E-state index in [9.17, 15) is 13.2 Å². The van der Waals surface area contributed by atoms with Crippen LogP contribution in [0.1, 0.15) is 36.9 Å². The fourth-order valence-electron chi connectivity index (χ4n) is 1.70. The van der Waals surface area contributed by atoms with Crippen LogP contribution < -0.4 is 10.5 Å². The molecule has 0 amide bonds. The molecule has 2 nitrogen and oxygen atoms in total. The number of nitrogens with two attached hydrogens (primary N) is 1. The largest absolute Gasteiger partial charge is 0.497 e. The Morgan fingerprint density at radius 2 is 1.94 bits per heavy atom. The van der Waals surface area contributed by atoms with Crippen molar-refractivity contribution in [3.05, 3.63) is 29.3 Å². The third-order valence-electron chi connectivity index (χ3n) is 2.57. The van der Waals surface area contributed by atoms with Gasteiger partial charge in [0.2, 0.25) is 0 Å². The highest BCUT2D eigenvalue weighted by molar-refractivity contribution is 5.85. The number of methoxy groups -OCH3 is 1. The van der Waals surface area contributed by atoms with E-state index in [1.807, 2.05) is 6.92 Å². The van der Waals surface area contributed by atoms with Gasteiger partial charge in [-0.1, -0.05) is 19.4 Å². The van der Waals surface area contributed by atoms with Gasteiger partial charge in [-0.2, -0.15) is 13.2 Å². The maximum Gasteiger partial charge on any atom is 0.416 e. The zero-order chi connectivity index (χ0) is 13.1. The molecule has 2 N–H and O–H groups in total. The summed E-state index contributed by atoms with van der Waals surface area (Å²) in [5.41, 5.74) is 5.17. The van der Waals surface area contributed by atoms with E-state index in [2.05, 4.69) is 0 Å². The lowest BCUT2D eigenvalue weighted by molar-refractivity contribution is -0.138. The highest BCUT2D eigenvalue weighted by Gasteiger charge is 2.34. The standard InChI is InChI=1S/C12H16F3NO.ClH/c1-3-4-11(16)9-6-5-8(17-2)7-10(9)12(13,14)15;/h5-7,11H,3-4,16H2,1-2H3;1H/t11-;/m1./s1. The van der Waals surface area contributed by atoms with Crippen LogP contribution in [0.25, 0.3) is 0 Å². The van der Waals surface area contributed by atoms with Gasteiger partial charge in [-0.15, -0.1) is 12.4 Å². The van der Waals surface area contributed by atoms with Crippen LogP contribution in [0.4, 0.5) is 13.2 Å². The Hall–Kier alpha value is -0.940. The molecule has 0 unspecified atom stereocenters. The van der Waals surface area contributed by atoms with E-state index >= 15 is 0 Å². The molecule has 0 saturated carbocycles. The minimum absolute atomic E-state index is 0. The molecule has 1 aromatic carbocycles. The van der Waals surface area contributed by atoms with Crippen LogP contribution in [0.15, 0.2) is 18.2 Å². The molecule has 18 heavy (non-hydrogen) atoms. The number of hydrogen-bond acceptors (Lipinski definition) is 2. The summed E-state index contributed by atoms with van der Waals surface area (Å²) in [5, 5.41) is 0. The van der Waals surface area contributed by atoms with Gasteiger partial charge in [-0.05, 0) is 24.1 Å². The second kappa shape index (κ2) is 6.85. The van der Waals surface area contributed by atoms with Crippen LogP contribution in [0, 0.1) is 0 Å². The summed E-state index contributed by atoms with van der Waals surface area (Å²) in [6, 6.07) is 3.29. The summed E-state index contributed by atoms with van der Waals surface area (Å²) in [5.74, 6) is 0.185. The van der Waals surface area contributed by atoms with E-state index in [1.54, 1.807) is 0 Å². The van der Waals surface area contributed by atoms with Crippen LogP contribution in [0.3, 0.4) is 0 Å². The molecule has 0 aromatic heterocycles. The van der Waals surface area contributed by atoms with E-state index in [0.717, 1.165) is 12.5 Å². The molecule has 6 heteroatoms. The van der Waals surface area contributed by atoms with E-state index in [-0.39, 0.29) is 23.7 Å². The Bertz CT molecular complexity index is 382. The number of rotatable bonds is 4. The molecule has 0 aliphatic heterocycles. The third kappa shape index (κ3) is 4.07. The first-order chi connectivity index (χ1) is 7.90. The van der Waals surface area contributed by atoms with Gasteiger partial charge < -0.3 is 10.5 Å². The number of halogens is 4. The monoisotopic (exact) mass is 283 g/mol. The molecule has 0 bridgehead atoms. The predicted octanol–water partition coefficient (Wildman–Crippen LogP) is 3.94. The van der Waals surface area contributed by atoms with Crippen molar-refractivity contribution in [3.8, 4) is 5.75 Å². The highest BCUT2D eigenvalue weighted by Crippen LogP contribution is 2.37. The van der Waals surface area contributed by atoms with Gasteiger partial charge in [-0.3, -0.25) is 0 Å². The molecule has 0 spiro atoms. The number of alkyl halides is 3. The van der Waals surface area contributed by atoms with Crippen LogP contribution >= 0.6 is 12.4 Å². The molecule has 1 aromatic rings. The van der Waals surface area contributed by atoms with Gasteiger partial charge in [0, 0.05) is 6.04 Å². The lowest BCUT2D eigenvalue weighted by Gasteiger charge is -2.18. The second-order valence-corrected chi connectivity index (χ2v) is 3.85. The molecule has 1 atom stereocenters. The molecular weight excluding hydrogens is 267 g/mol. The first-order valence-electron chi connectivity index (χ1n) is 5.40. The first kappa shape index (κ1) is 17.1. The lowest BCUT2D eigenvalue weighted by atomic mass is 9.97.